The zero-order valence-electron chi connectivity index (χ0n) is 11.6. The second kappa shape index (κ2) is 7.54. The highest BCUT2D eigenvalue weighted by atomic mass is 79.9. The van der Waals surface area contributed by atoms with Crippen molar-refractivity contribution in [2.45, 2.75) is 13.1 Å². The highest BCUT2D eigenvalue weighted by Gasteiger charge is 2.09. The Morgan fingerprint density at radius 2 is 2.05 bits per heavy atom. The van der Waals surface area contributed by atoms with Crippen LogP contribution in [0.5, 0.6) is 0 Å². The van der Waals surface area contributed by atoms with Crippen LogP contribution in [0.25, 0.3) is 0 Å². The molecule has 0 unspecified atom stereocenters. The maximum atomic E-state index is 6.05. The largest absolute Gasteiger partial charge is 0.352 e. The lowest BCUT2D eigenvalue weighted by Gasteiger charge is -2.11. The van der Waals surface area contributed by atoms with Crippen molar-refractivity contribution in [3.8, 4) is 0 Å². The fraction of sp³-hybridized carbons (Fsp3) is 0.308. The fourth-order valence-electron chi connectivity index (χ4n) is 1.77. The van der Waals surface area contributed by atoms with Crippen LogP contribution in [0.1, 0.15) is 10.6 Å². The summed E-state index contributed by atoms with van der Waals surface area (Å²) < 4.78 is 2.97. The molecular formula is C13H15BrCl2N4S. The summed E-state index contributed by atoms with van der Waals surface area (Å²) in [5.41, 5.74) is 0.992. The summed E-state index contributed by atoms with van der Waals surface area (Å²) in [7, 11) is 3.62. The Balaban J connectivity index is 1.89. The van der Waals surface area contributed by atoms with E-state index < -0.39 is 0 Å². The number of hydrogen-bond acceptors (Lipinski definition) is 2. The Hall–Kier alpha value is -0.690. The van der Waals surface area contributed by atoms with Crippen LogP contribution in [0.15, 0.2) is 27.0 Å². The van der Waals surface area contributed by atoms with Gasteiger partial charge in [-0.2, -0.15) is 0 Å². The maximum absolute atomic E-state index is 6.05. The molecule has 2 N–H and O–H groups in total. The molecule has 0 spiro atoms. The Kier molecular flexibility index (Phi) is 5.98. The van der Waals surface area contributed by atoms with Gasteiger partial charge in [-0.05, 0) is 34.1 Å². The van der Waals surface area contributed by atoms with E-state index in [0.717, 1.165) is 22.0 Å². The van der Waals surface area contributed by atoms with Gasteiger partial charge in [0.05, 0.1) is 21.9 Å². The zero-order chi connectivity index (χ0) is 15.4. The molecule has 2 aromatic rings. The third kappa shape index (κ3) is 4.39. The Morgan fingerprint density at radius 3 is 2.57 bits per heavy atom. The molecule has 4 nitrogen and oxygen atoms in total. The molecule has 0 aliphatic heterocycles. The lowest BCUT2D eigenvalue weighted by molar-refractivity contribution is 0.752. The van der Waals surface area contributed by atoms with Crippen LogP contribution in [0.2, 0.25) is 10.2 Å². The zero-order valence-corrected chi connectivity index (χ0v) is 15.5. The van der Waals surface area contributed by atoms with E-state index in [-0.39, 0.29) is 0 Å². The summed E-state index contributed by atoms with van der Waals surface area (Å²) in [5, 5.41) is 7.60. The van der Waals surface area contributed by atoms with E-state index in [1.165, 1.54) is 4.88 Å². The molecule has 0 radical (unpaired) electrons. The van der Waals surface area contributed by atoms with Gasteiger partial charge < -0.3 is 15.2 Å². The van der Waals surface area contributed by atoms with Crippen LogP contribution in [0, 0.1) is 0 Å². The van der Waals surface area contributed by atoms with Gasteiger partial charge in [0.25, 0.3) is 0 Å². The van der Waals surface area contributed by atoms with Crippen molar-refractivity contribution in [1.29, 1.82) is 0 Å². The number of aromatic nitrogens is 1. The van der Waals surface area contributed by atoms with Gasteiger partial charge in [-0.15, -0.1) is 11.3 Å². The summed E-state index contributed by atoms with van der Waals surface area (Å²) in [5.74, 6) is 0.730. The molecule has 0 amide bonds. The predicted molar refractivity (Wildman–Crippen MR) is 94.5 cm³/mol. The third-order valence-corrected chi connectivity index (χ3v) is 5.40. The monoisotopic (exact) mass is 408 g/mol. The standard InChI is InChI=1S/C13H15BrCl2N4S/c1-17-13(19-7-9-3-4-11(14)21-9)18-6-8-5-10(15)12(16)20(8)2/h3-5H,6-7H2,1-2H3,(H2,17,18,19). The van der Waals surface area contributed by atoms with E-state index in [2.05, 4.69) is 37.6 Å². The molecule has 2 aromatic heterocycles. The topological polar surface area (TPSA) is 41.4 Å². The van der Waals surface area contributed by atoms with Crippen molar-refractivity contribution in [2.75, 3.05) is 7.05 Å². The Bertz CT molecular complexity index is 651. The van der Waals surface area contributed by atoms with E-state index in [1.54, 1.807) is 18.4 Å². The van der Waals surface area contributed by atoms with E-state index >= 15 is 0 Å². The van der Waals surface area contributed by atoms with Crippen LogP contribution in [0.4, 0.5) is 0 Å². The molecule has 2 heterocycles. The number of halogens is 3. The third-order valence-electron chi connectivity index (χ3n) is 2.94. The second-order valence-electron chi connectivity index (χ2n) is 4.32. The number of guanidine groups is 1. The number of nitrogens with one attached hydrogen (secondary N) is 2. The minimum absolute atomic E-state index is 0.542. The summed E-state index contributed by atoms with van der Waals surface area (Å²) >= 11 is 17.2. The van der Waals surface area contributed by atoms with Gasteiger partial charge >= 0.3 is 0 Å². The molecule has 21 heavy (non-hydrogen) atoms. The minimum atomic E-state index is 0.542. The molecule has 0 aliphatic carbocycles. The van der Waals surface area contributed by atoms with Gasteiger partial charge in [-0.1, -0.05) is 23.2 Å². The van der Waals surface area contributed by atoms with Crippen LogP contribution in [-0.4, -0.2) is 17.6 Å². The lowest BCUT2D eigenvalue weighted by atomic mass is 10.4. The Morgan fingerprint density at radius 1 is 1.33 bits per heavy atom. The van der Waals surface area contributed by atoms with E-state index in [1.807, 2.05) is 23.7 Å². The molecule has 0 saturated heterocycles. The Labute approximate surface area is 146 Å². The molecule has 0 atom stereocenters. The number of nitrogens with zero attached hydrogens (tertiary/aromatic N) is 2. The molecule has 114 valence electrons. The SMILES string of the molecule is CN=C(NCc1ccc(Br)s1)NCc1cc(Cl)c(Cl)n1C. The van der Waals surface area contributed by atoms with Crippen molar-refractivity contribution in [3.05, 3.63) is 42.7 Å². The average molecular weight is 410 g/mol. The van der Waals surface area contributed by atoms with Crippen molar-refractivity contribution in [3.63, 3.8) is 0 Å². The second-order valence-corrected chi connectivity index (χ2v) is 7.63. The molecule has 0 aliphatic rings. The highest BCUT2D eigenvalue weighted by molar-refractivity contribution is 9.11. The molecule has 0 saturated carbocycles. The fourth-order valence-corrected chi connectivity index (χ4v) is 3.61. The predicted octanol–water partition coefficient (Wildman–Crippen LogP) is 4.02. The normalized spacial score (nSPS) is 11.8. The van der Waals surface area contributed by atoms with Crippen LogP contribution in [0.3, 0.4) is 0 Å². The summed E-state index contributed by atoms with van der Waals surface area (Å²) in [6.45, 7) is 1.32. The van der Waals surface area contributed by atoms with Crippen LogP contribution < -0.4 is 10.6 Å². The molecule has 8 heteroatoms. The molecular weight excluding hydrogens is 395 g/mol. The summed E-state index contributed by atoms with van der Waals surface area (Å²) in [6.07, 6.45) is 0. The van der Waals surface area contributed by atoms with Gasteiger partial charge in [0, 0.05) is 24.7 Å². The smallest absolute Gasteiger partial charge is 0.191 e. The van der Waals surface area contributed by atoms with Crippen molar-refractivity contribution in [2.24, 2.45) is 12.0 Å². The summed E-state index contributed by atoms with van der Waals surface area (Å²) in [6, 6.07) is 5.96. The number of hydrogen-bond donors (Lipinski definition) is 2. The number of thiophene rings is 1. The van der Waals surface area contributed by atoms with Gasteiger partial charge in [-0.3, -0.25) is 4.99 Å². The number of rotatable bonds is 4. The van der Waals surface area contributed by atoms with Gasteiger partial charge in [-0.25, -0.2) is 0 Å². The van der Waals surface area contributed by atoms with Crippen LogP contribution >= 0.6 is 50.5 Å². The van der Waals surface area contributed by atoms with Crippen molar-refractivity contribution < 1.29 is 0 Å². The molecule has 0 aromatic carbocycles. The van der Waals surface area contributed by atoms with E-state index in [9.17, 15) is 0 Å². The van der Waals surface area contributed by atoms with Crippen LogP contribution in [-0.2, 0) is 20.1 Å². The van der Waals surface area contributed by atoms with Crippen molar-refractivity contribution >= 4 is 56.4 Å². The van der Waals surface area contributed by atoms with Gasteiger partial charge in [0.15, 0.2) is 5.96 Å². The first-order valence-corrected chi connectivity index (χ1v) is 8.56. The molecule has 0 bridgehead atoms. The van der Waals surface area contributed by atoms with Crippen molar-refractivity contribution in [1.82, 2.24) is 15.2 Å². The quantitative estimate of drug-likeness (QED) is 0.591. The lowest BCUT2D eigenvalue weighted by Crippen LogP contribution is -2.36. The highest BCUT2D eigenvalue weighted by Crippen LogP contribution is 2.25. The average Bonchev–Trinajstić information content (AvgIpc) is 2.98. The molecule has 0 fully saturated rings. The van der Waals surface area contributed by atoms with E-state index in [0.29, 0.717) is 16.7 Å². The summed E-state index contributed by atoms with van der Waals surface area (Å²) in [4.78, 5) is 5.43. The van der Waals surface area contributed by atoms with E-state index in [4.69, 9.17) is 23.2 Å². The minimum Gasteiger partial charge on any atom is -0.352 e. The maximum Gasteiger partial charge on any atom is 0.191 e. The van der Waals surface area contributed by atoms with Gasteiger partial charge in [0.2, 0.25) is 0 Å². The first-order valence-electron chi connectivity index (χ1n) is 6.19. The first kappa shape index (κ1) is 16.7. The first-order chi connectivity index (χ1) is 10.0. The molecule has 2 rings (SSSR count). The van der Waals surface area contributed by atoms with Gasteiger partial charge in [0.1, 0.15) is 5.15 Å². The number of aliphatic imine (C=N–C) groups is 1.